The smallest absolute Gasteiger partial charge is 0.444 e. The Bertz CT molecular complexity index is 538. The summed E-state index contributed by atoms with van der Waals surface area (Å²) < 4.78 is 17.5. The maximum Gasteiger partial charge on any atom is 0.459 e. The fourth-order valence-electron chi connectivity index (χ4n) is 3.17. The maximum absolute atomic E-state index is 12.2. The fourth-order valence-corrected chi connectivity index (χ4v) is 3.17. The summed E-state index contributed by atoms with van der Waals surface area (Å²) in [5.74, 6) is 0. The third-order valence-corrected chi connectivity index (χ3v) is 5.47. The minimum atomic E-state index is -0.528. The molecule has 0 radical (unpaired) electrons. The van der Waals surface area contributed by atoms with Crippen LogP contribution in [0.25, 0.3) is 0 Å². The Morgan fingerprint density at radius 2 is 1.64 bits per heavy atom. The summed E-state index contributed by atoms with van der Waals surface area (Å²) in [6, 6.07) is 2.47. The molecule has 0 aromatic rings. The quantitative estimate of drug-likeness (QED) is 0.712. The lowest BCUT2D eigenvalue weighted by Crippen LogP contribution is -2.46. The monoisotopic (exact) mass is 350 g/mol. The Morgan fingerprint density at radius 3 is 2.04 bits per heavy atom. The third-order valence-electron chi connectivity index (χ3n) is 5.47. The average Bonchev–Trinajstić information content (AvgIpc) is 2.64. The molecule has 140 valence electrons. The number of piperidine rings is 1. The number of ether oxygens (including phenoxy) is 1. The number of hydrogen-bond acceptors (Lipinski definition) is 5. The number of amides is 1. The second-order valence-corrected chi connectivity index (χ2v) is 9.25. The number of likely N-dealkylation sites (tertiary alicyclic amines) is 1. The van der Waals surface area contributed by atoms with Crippen LogP contribution in [0.1, 0.15) is 61.3 Å². The van der Waals surface area contributed by atoms with Gasteiger partial charge in [0.25, 0.3) is 0 Å². The van der Waals surface area contributed by atoms with Gasteiger partial charge in [0.15, 0.2) is 0 Å². The molecule has 2 aliphatic rings. The maximum atomic E-state index is 12.2. The summed E-state index contributed by atoms with van der Waals surface area (Å²) in [6.07, 6.45) is 1.42. The minimum absolute atomic E-state index is 0.310. The first kappa shape index (κ1) is 20.1. The highest BCUT2D eigenvalue weighted by Gasteiger charge is 2.54. The zero-order chi connectivity index (χ0) is 19.1. The zero-order valence-corrected chi connectivity index (χ0v) is 16.6. The van der Waals surface area contributed by atoms with Crippen LogP contribution in [0, 0.1) is 16.7 Å². The Kier molecular flexibility index (Phi) is 5.20. The Morgan fingerprint density at radius 1 is 1.16 bits per heavy atom. The van der Waals surface area contributed by atoms with Gasteiger partial charge in [-0.25, -0.2) is 4.79 Å². The number of nitrogens with zero attached hydrogens (tertiary/aromatic N) is 2. The van der Waals surface area contributed by atoms with Gasteiger partial charge in [-0.2, -0.15) is 5.26 Å². The lowest BCUT2D eigenvalue weighted by Gasteiger charge is -2.38. The van der Waals surface area contributed by atoms with Crippen molar-refractivity contribution < 1.29 is 18.8 Å². The first-order valence-electron chi connectivity index (χ1n) is 9.04. The van der Waals surface area contributed by atoms with E-state index in [0.717, 1.165) is 0 Å². The molecule has 0 aliphatic carbocycles. The van der Waals surface area contributed by atoms with Crippen molar-refractivity contribution in [3.8, 4) is 6.07 Å². The summed E-state index contributed by atoms with van der Waals surface area (Å²) in [7, 11) is -0.391. The largest absolute Gasteiger partial charge is 0.459 e. The molecule has 25 heavy (non-hydrogen) atoms. The Hall–Kier alpha value is -1.26. The van der Waals surface area contributed by atoms with E-state index in [1.807, 2.05) is 48.5 Å². The van der Waals surface area contributed by atoms with E-state index < -0.39 is 29.3 Å². The summed E-state index contributed by atoms with van der Waals surface area (Å²) in [4.78, 5) is 13.9. The van der Waals surface area contributed by atoms with E-state index in [-0.39, 0.29) is 6.09 Å². The van der Waals surface area contributed by atoms with Crippen LogP contribution in [-0.2, 0) is 14.0 Å². The van der Waals surface area contributed by atoms with Crippen molar-refractivity contribution in [2.24, 2.45) is 5.41 Å². The van der Waals surface area contributed by atoms with Crippen LogP contribution in [0.5, 0.6) is 0 Å². The second kappa shape index (κ2) is 6.48. The Balaban J connectivity index is 1.96. The predicted octanol–water partition coefficient (Wildman–Crippen LogP) is 3.62. The minimum Gasteiger partial charge on any atom is -0.444 e. The second-order valence-electron chi connectivity index (χ2n) is 9.25. The molecular formula is C18H31BN2O4. The molecule has 2 aliphatic heterocycles. The van der Waals surface area contributed by atoms with Gasteiger partial charge >= 0.3 is 13.2 Å². The van der Waals surface area contributed by atoms with Gasteiger partial charge in [-0.1, -0.05) is 0 Å². The highest BCUT2D eigenvalue weighted by atomic mass is 16.7. The number of carbonyl (C=O) groups is 1. The lowest BCUT2D eigenvalue weighted by atomic mass is 9.64. The number of hydrogen-bond donors (Lipinski definition) is 0. The number of nitriles is 1. The van der Waals surface area contributed by atoms with E-state index in [1.54, 1.807) is 4.90 Å². The summed E-state index contributed by atoms with van der Waals surface area (Å²) in [5.41, 5.74) is -1.83. The highest BCUT2D eigenvalue weighted by Crippen LogP contribution is 2.43. The molecule has 0 N–H and O–H groups in total. The molecule has 0 saturated carbocycles. The summed E-state index contributed by atoms with van der Waals surface area (Å²) in [6.45, 7) is 14.6. The Labute approximate surface area is 151 Å². The molecule has 0 bridgehead atoms. The summed E-state index contributed by atoms with van der Waals surface area (Å²) >= 11 is 0. The van der Waals surface area contributed by atoms with E-state index in [1.165, 1.54) is 0 Å². The van der Waals surface area contributed by atoms with Gasteiger partial charge in [-0.3, -0.25) is 0 Å². The van der Waals surface area contributed by atoms with Crippen molar-refractivity contribution in [1.82, 2.24) is 4.90 Å². The lowest BCUT2D eigenvalue weighted by molar-refractivity contribution is 0.00578. The molecule has 6 nitrogen and oxygen atoms in total. The molecule has 0 atom stereocenters. The van der Waals surface area contributed by atoms with E-state index >= 15 is 0 Å². The first-order chi connectivity index (χ1) is 11.3. The normalized spacial score (nSPS) is 24.7. The molecule has 2 rings (SSSR count). The zero-order valence-electron chi connectivity index (χ0n) is 16.6. The standard InChI is InChI=1S/C18H31BN2O4/c1-15(2,3)23-14(22)21-10-8-18(13-20,9-11-21)12-19-24-16(4,5)17(6,7)25-19/h8-12H2,1-7H3. The van der Waals surface area contributed by atoms with E-state index in [9.17, 15) is 10.1 Å². The molecule has 0 aromatic heterocycles. The predicted molar refractivity (Wildman–Crippen MR) is 96.0 cm³/mol. The van der Waals surface area contributed by atoms with Crippen LogP contribution >= 0.6 is 0 Å². The summed E-state index contributed by atoms with van der Waals surface area (Å²) in [5, 5.41) is 9.78. The van der Waals surface area contributed by atoms with Gasteiger partial charge in [-0.05, 0) is 61.3 Å². The van der Waals surface area contributed by atoms with Crippen molar-refractivity contribution in [3.63, 3.8) is 0 Å². The molecule has 2 saturated heterocycles. The number of rotatable bonds is 2. The van der Waals surface area contributed by atoms with E-state index in [0.29, 0.717) is 32.3 Å². The van der Waals surface area contributed by atoms with Gasteiger partial charge in [-0.15, -0.1) is 0 Å². The van der Waals surface area contributed by atoms with Crippen molar-refractivity contribution in [3.05, 3.63) is 0 Å². The molecule has 1 amide bonds. The van der Waals surface area contributed by atoms with Gasteiger partial charge < -0.3 is 18.9 Å². The van der Waals surface area contributed by atoms with E-state index in [4.69, 9.17) is 14.0 Å². The van der Waals surface area contributed by atoms with Crippen molar-refractivity contribution in [2.75, 3.05) is 13.1 Å². The van der Waals surface area contributed by atoms with Gasteiger partial charge in [0, 0.05) is 19.4 Å². The highest BCUT2D eigenvalue weighted by molar-refractivity contribution is 6.45. The van der Waals surface area contributed by atoms with Gasteiger partial charge in [0.2, 0.25) is 0 Å². The fraction of sp³-hybridized carbons (Fsp3) is 0.889. The van der Waals surface area contributed by atoms with Crippen molar-refractivity contribution in [1.29, 1.82) is 5.26 Å². The van der Waals surface area contributed by atoms with Gasteiger partial charge in [0.1, 0.15) is 5.60 Å². The molecule has 2 fully saturated rings. The molecule has 0 aromatic carbocycles. The van der Waals surface area contributed by atoms with Crippen LogP contribution in [0.3, 0.4) is 0 Å². The number of carbonyl (C=O) groups excluding carboxylic acids is 1. The molecule has 7 heteroatoms. The van der Waals surface area contributed by atoms with E-state index in [2.05, 4.69) is 6.07 Å². The van der Waals surface area contributed by atoms with Crippen LogP contribution in [0.2, 0.25) is 6.32 Å². The van der Waals surface area contributed by atoms with Crippen LogP contribution in [0.15, 0.2) is 0 Å². The molecular weight excluding hydrogens is 319 g/mol. The molecule has 2 heterocycles. The molecule has 0 spiro atoms. The third kappa shape index (κ3) is 4.48. The molecule has 0 unspecified atom stereocenters. The van der Waals surface area contributed by atoms with Crippen molar-refractivity contribution in [2.45, 2.75) is 84.4 Å². The van der Waals surface area contributed by atoms with Crippen LogP contribution < -0.4 is 0 Å². The topological polar surface area (TPSA) is 71.8 Å². The van der Waals surface area contributed by atoms with Crippen LogP contribution in [0.4, 0.5) is 4.79 Å². The average molecular weight is 350 g/mol. The van der Waals surface area contributed by atoms with Crippen molar-refractivity contribution >= 4 is 13.2 Å². The van der Waals surface area contributed by atoms with Crippen LogP contribution in [-0.4, -0.2) is 48.0 Å². The van der Waals surface area contributed by atoms with Gasteiger partial charge in [0.05, 0.1) is 22.7 Å². The SMILES string of the molecule is CC(C)(C)OC(=O)N1CCC(C#N)(CB2OC(C)(C)C(C)(C)O2)CC1. The first-order valence-corrected chi connectivity index (χ1v) is 9.04.